The maximum absolute atomic E-state index is 9.09. The van der Waals surface area contributed by atoms with Crippen LogP contribution in [0.2, 0.25) is 0 Å². The summed E-state index contributed by atoms with van der Waals surface area (Å²) >= 11 is 3.63. The molecule has 1 aromatic rings. The maximum Gasteiger partial charge on any atom is 0.0643 e. The largest absolute Gasteiger partial charge is 0.365 e. The van der Waals surface area contributed by atoms with Crippen molar-refractivity contribution in [3.05, 3.63) is 28.7 Å². The summed E-state index contributed by atoms with van der Waals surface area (Å²) in [4.78, 5) is 4.74. The molecule has 3 nitrogen and oxygen atoms in total. The Balaban J connectivity index is 2.30. The molecular formula is C15H20BrN3. The van der Waals surface area contributed by atoms with Crippen molar-refractivity contribution in [2.75, 3.05) is 25.0 Å². The van der Waals surface area contributed by atoms with Crippen molar-refractivity contribution >= 4 is 21.6 Å². The first-order valence-electron chi connectivity index (χ1n) is 6.72. The number of benzene rings is 1. The van der Waals surface area contributed by atoms with Gasteiger partial charge in [-0.15, -0.1) is 0 Å². The lowest BCUT2D eigenvalue weighted by atomic mass is 10.1. The van der Waals surface area contributed by atoms with Crippen molar-refractivity contribution in [1.29, 1.82) is 5.26 Å². The number of likely N-dealkylation sites (N-methyl/N-ethyl adjacent to an activating group) is 1. The van der Waals surface area contributed by atoms with Gasteiger partial charge in [-0.2, -0.15) is 5.26 Å². The van der Waals surface area contributed by atoms with Crippen LogP contribution in [-0.2, 0) is 0 Å². The van der Waals surface area contributed by atoms with E-state index in [4.69, 9.17) is 5.26 Å². The molecule has 0 radical (unpaired) electrons. The molecule has 1 fully saturated rings. The number of anilines is 1. The minimum Gasteiger partial charge on any atom is -0.365 e. The molecule has 4 heteroatoms. The molecule has 19 heavy (non-hydrogen) atoms. The summed E-state index contributed by atoms with van der Waals surface area (Å²) in [6.45, 7) is 4.20. The van der Waals surface area contributed by atoms with Crippen molar-refractivity contribution < 1.29 is 0 Å². The summed E-state index contributed by atoms with van der Waals surface area (Å²) in [5.74, 6) is 0. The second-order valence-corrected chi connectivity index (χ2v) is 6.09. The van der Waals surface area contributed by atoms with Gasteiger partial charge in [0.15, 0.2) is 0 Å². The van der Waals surface area contributed by atoms with Crippen LogP contribution in [-0.4, -0.2) is 37.1 Å². The highest BCUT2D eigenvalue weighted by Crippen LogP contribution is 2.30. The molecule has 2 rings (SSSR count). The zero-order valence-electron chi connectivity index (χ0n) is 11.5. The first-order chi connectivity index (χ1) is 9.13. The van der Waals surface area contributed by atoms with Crippen LogP contribution in [0.1, 0.15) is 19.8 Å². The van der Waals surface area contributed by atoms with E-state index in [1.54, 1.807) is 0 Å². The lowest BCUT2D eigenvalue weighted by molar-refractivity contribution is 0.255. The fourth-order valence-corrected chi connectivity index (χ4v) is 3.13. The molecule has 0 bridgehead atoms. The fourth-order valence-electron chi connectivity index (χ4n) is 2.62. The standard InChI is InChI=1S/C15H20BrN3/c1-12-8-10-19(13(7-9-17)11-18(12)2)15-6-4-3-5-14(15)16/h3-6,12-13H,7-8,10-11H2,1-2H3. The summed E-state index contributed by atoms with van der Waals surface area (Å²) in [5.41, 5.74) is 1.20. The Morgan fingerprint density at radius 3 is 2.84 bits per heavy atom. The zero-order valence-corrected chi connectivity index (χ0v) is 13.1. The highest BCUT2D eigenvalue weighted by atomic mass is 79.9. The Kier molecular flexibility index (Phi) is 4.84. The lowest BCUT2D eigenvalue weighted by Gasteiger charge is -2.32. The van der Waals surface area contributed by atoms with Crippen molar-refractivity contribution in [3.8, 4) is 6.07 Å². The van der Waals surface area contributed by atoms with E-state index in [2.05, 4.69) is 64.0 Å². The highest BCUT2D eigenvalue weighted by molar-refractivity contribution is 9.10. The van der Waals surface area contributed by atoms with Gasteiger partial charge in [0.1, 0.15) is 0 Å². The van der Waals surface area contributed by atoms with Crippen LogP contribution in [0.3, 0.4) is 0 Å². The van der Waals surface area contributed by atoms with Crippen LogP contribution in [0.4, 0.5) is 5.69 Å². The van der Waals surface area contributed by atoms with Crippen LogP contribution in [0.5, 0.6) is 0 Å². The van der Waals surface area contributed by atoms with Crippen LogP contribution in [0.25, 0.3) is 0 Å². The van der Waals surface area contributed by atoms with Gasteiger partial charge in [0.25, 0.3) is 0 Å². The molecule has 2 unspecified atom stereocenters. The van der Waals surface area contributed by atoms with Crippen LogP contribution in [0.15, 0.2) is 28.7 Å². The van der Waals surface area contributed by atoms with Crippen LogP contribution < -0.4 is 4.90 Å². The molecule has 1 heterocycles. The van der Waals surface area contributed by atoms with Crippen molar-refractivity contribution in [3.63, 3.8) is 0 Å². The first kappa shape index (κ1) is 14.4. The molecular weight excluding hydrogens is 302 g/mol. The van der Waals surface area contributed by atoms with Gasteiger partial charge < -0.3 is 9.80 Å². The second-order valence-electron chi connectivity index (χ2n) is 5.24. The van der Waals surface area contributed by atoms with E-state index >= 15 is 0 Å². The molecule has 2 atom stereocenters. The third-order valence-electron chi connectivity index (χ3n) is 3.97. The highest BCUT2D eigenvalue weighted by Gasteiger charge is 2.27. The summed E-state index contributed by atoms with van der Waals surface area (Å²) < 4.78 is 1.11. The van der Waals surface area contributed by atoms with E-state index in [0.717, 1.165) is 24.0 Å². The first-order valence-corrected chi connectivity index (χ1v) is 7.51. The molecule has 102 valence electrons. The van der Waals surface area contributed by atoms with Gasteiger partial charge in [0, 0.05) is 23.6 Å². The Morgan fingerprint density at radius 1 is 1.42 bits per heavy atom. The maximum atomic E-state index is 9.09. The molecule has 0 amide bonds. The Morgan fingerprint density at radius 2 is 2.16 bits per heavy atom. The van der Waals surface area contributed by atoms with E-state index in [0.29, 0.717) is 12.5 Å². The smallest absolute Gasteiger partial charge is 0.0643 e. The SMILES string of the molecule is CC1CCN(c2ccccc2Br)C(CC#N)CN1C. The van der Waals surface area contributed by atoms with Crippen molar-refractivity contribution in [2.45, 2.75) is 31.8 Å². The third-order valence-corrected chi connectivity index (χ3v) is 4.64. The van der Waals surface area contributed by atoms with Crippen LogP contribution >= 0.6 is 15.9 Å². The summed E-state index contributed by atoms with van der Waals surface area (Å²) in [7, 11) is 2.15. The lowest BCUT2D eigenvalue weighted by Crippen LogP contribution is -2.41. The molecule has 0 aliphatic carbocycles. The minimum atomic E-state index is 0.263. The number of nitrogens with zero attached hydrogens (tertiary/aromatic N) is 3. The molecule has 1 aliphatic rings. The molecule has 0 N–H and O–H groups in total. The summed E-state index contributed by atoms with van der Waals surface area (Å²) in [6, 6.07) is 11.4. The van der Waals surface area contributed by atoms with Gasteiger partial charge in [-0.25, -0.2) is 0 Å². The molecule has 1 saturated heterocycles. The Bertz CT molecular complexity index is 469. The topological polar surface area (TPSA) is 30.3 Å². The van der Waals surface area contributed by atoms with E-state index in [1.165, 1.54) is 5.69 Å². The third kappa shape index (κ3) is 3.29. The summed E-state index contributed by atoms with van der Waals surface area (Å²) in [5, 5.41) is 9.09. The van der Waals surface area contributed by atoms with Gasteiger partial charge in [0.05, 0.1) is 24.2 Å². The number of halogens is 1. The van der Waals surface area contributed by atoms with Gasteiger partial charge in [0.2, 0.25) is 0 Å². The number of para-hydroxylation sites is 1. The summed E-state index contributed by atoms with van der Waals surface area (Å²) in [6.07, 6.45) is 1.69. The van der Waals surface area contributed by atoms with Gasteiger partial charge in [-0.1, -0.05) is 12.1 Å². The molecule has 0 aromatic heterocycles. The van der Waals surface area contributed by atoms with E-state index in [9.17, 15) is 0 Å². The van der Waals surface area contributed by atoms with Gasteiger partial charge in [-0.3, -0.25) is 0 Å². The predicted molar refractivity (Wildman–Crippen MR) is 82.2 cm³/mol. The number of nitriles is 1. The van der Waals surface area contributed by atoms with E-state index in [-0.39, 0.29) is 6.04 Å². The normalized spacial score (nSPS) is 24.8. The fraction of sp³-hybridized carbons (Fsp3) is 0.533. The van der Waals surface area contributed by atoms with E-state index < -0.39 is 0 Å². The number of rotatable bonds is 2. The second kappa shape index (κ2) is 6.40. The van der Waals surface area contributed by atoms with Gasteiger partial charge >= 0.3 is 0 Å². The molecule has 0 saturated carbocycles. The monoisotopic (exact) mass is 321 g/mol. The van der Waals surface area contributed by atoms with Crippen LogP contribution in [0, 0.1) is 11.3 Å². The average Bonchev–Trinajstić information content (AvgIpc) is 2.52. The van der Waals surface area contributed by atoms with Gasteiger partial charge in [-0.05, 0) is 48.5 Å². The molecule has 0 spiro atoms. The minimum absolute atomic E-state index is 0.263. The number of hydrogen-bond acceptors (Lipinski definition) is 3. The van der Waals surface area contributed by atoms with E-state index in [1.807, 2.05) is 6.07 Å². The van der Waals surface area contributed by atoms with Crippen molar-refractivity contribution in [2.24, 2.45) is 0 Å². The van der Waals surface area contributed by atoms with Crippen molar-refractivity contribution in [1.82, 2.24) is 4.90 Å². The molecule has 1 aromatic carbocycles. The average molecular weight is 322 g/mol. The zero-order chi connectivity index (χ0) is 13.8. The number of hydrogen-bond donors (Lipinski definition) is 0. The quantitative estimate of drug-likeness (QED) is 0.837. The predicted octanol–water partition coefficient (Wildman–Crippen LogP) is 3.26. The Hall–Kier alpha value is -1.05. The molecule has 1 aliphatic heterocycles. The Labute approximate surface area is 123 Å².